The van der Waals surface area contributed by atoms with Crippen molar-refractivity contribution in [2.75, 3.05) is 23.4 Å². The highest BCUT2D eigenvalue weighted by Gasteiger charge is 2.35. The average molecular weight is 370 g/mol. The van der Waals surface area contributed by atoms with Gasteiger partial charge in [0.2, 0.25) is 11.8 Å². The zero-order valence-electron chi connectivity index (χ0n) is 14.8. The Balaban J connectivity index is 1.72. The molecule has 2 aromatic rings. The average Bonchev–Trinajstić information content (AvgIpc) is 3.05. The van der Waals surface area contributed by atoms with Crippen LogP contribution >= 0.6 is 0 Å². The van der Waals surface area contributed by atoms with Gasteiger partial charge in [-0.15, -0.1) is 0 Å². The van der Waals surface area contributed by atoms with Gasteiger partial charge in [0.1, 0.15) is 5.82 Å². The first-order valence-electron chi connectivity index (χ1n) is 8.62. The summed E-state index contributed by atoms with van der Waals surface area (Å²) < 4.78 is 18.1. The van der Waals surface area contributed by atoms with Crippen molar-refractivity contribution in [1.29, 1.82) is 0 Å². The summed E-state index contributed by atoms with van der Waals surface area (Å²) in [5.41, 5.74) is 1.14. The van der Waals surface area contributed by atoms with Crippen LogP contribution in [0.1, 0.15) is 23.7 Å². The number of hydrogen-bond acceptors (Lipinski definition) is 4. The van der Waals surface area contributed by atoms with Crippen LogP contribution < -0.4 is 10.2 Å². The molecule has 1 atom stereocenters. The fraction of sp³-hybridized carbons (Fsp3) is 0.250. The van der Waals surface area contributed by atoms with Crippen LogP contribution in [0.5, 0.6) is 0 Å². The van der Waals surface area contributed by atoms with Crippen molar-refractivity contribution in [3.05, 3.63) is 59.9 Å². The molecule has 0 spiro atoms. The molecule has 1 N–H and O–H groups in total. The molecule has 0 bridgehead atoms. The molecule has 27 heavy (non-hydrogen) atoms. The van der Waals surface area contributed by atoms with Crippen LogP contribution in [-0.4, -0.2) is 30.9 Å². The van der Waals surface area contributed by atoms with Gasteiger partial charge in [-0.2, -0.15) is 0 Å². The predicted molar refractivity (Wildman–Crippen MR) is 97.9 cm³/mol. The SMILES string of the molecule is CCOC(=O)c1ccccc1NC(=O)C1CC(=O)N(c2ccc(F)cc2)C1. The zero-order valence-corrected chi connectivity index (χ0v) is 14.8. The zero-order chi connectivity index (χ0) is 19.4. The van der Waals surface area contributed by atoms with Crippen LogP contribution in [0.15, 0.2) is 48.5 Å². The highest BCUT2D eigenvalue weighted by Crippen LogP contribution is 2.27. The number of benzene rings is 2. The second-order valence-corrected chi connectivity index (χ2v) is 6.14. The molecule has 140 valence electrons. The maximum atomic E-state index is 13.1. The van der Waals surface area contributed by atoms with Gasteiger partial charge >= 0.3 is 5.97 Å². The number of rotatable bonds is 5. The number of halogens is 1. The molecule has 7 heteroatoms. The fourth-order valence-electron chi connectivity index (χ4n) is 2.97. The molecule has 2 amide bonds. The summed E-state index contributed by atoms with van der Waals surface area (Å²) in [6, 6.07) is 12.1. The lowest BCUT2D eigenvalue weighted by Gasteiger charge is -2.17. The van der Waals surface area contributed by atoms with Crippen molar-refractivity contribution in [3.8, 4) is 0 Å². The van der Waals surface area contributed by atoms with Gasteiger partial charge in [-0.3, -0.25) is 9.59 Å². The normalized spacial score (nSPS) is 16.3. The molecule has 1 unspecified atom stereocenters. The number of para-hydroxylation sites is 1. The van der Waals surface area contributed by atoms with Crippen molar-refractivity contribution >= 4 is 29.2 Å². The Morgan fingerprint density at radius 1 is 1.19 bits per heavy atom. The molecule has 1 aliphatic heterocycles. The van der Waals surface area contributed by atoms with Crippen LogP contribution in [0.3, 0.4) is 0 Å². The standard InChI is InChI=1S/C20H19FN2O4/c1-2-27-20(26)16-5-3-4-6-17(16)22-19(25)13-11-18(24)23(12-13)15-9-7-14(21)8-10-15/h3-10,13H,2,11-12H2,1H3,(H,22,25). The summed E-state index contributed by atoms with van der Waals surface area (Å²) in [6.07, 6.45) is 0.0464. The highest BCUT2D eigenvalue weighted by molar-refractivity contribution is 6.06. The van der Waals surface area contributed by atoms with Gasteiger partial charge in [-0.05, 0) is 43.3 Å². The number of amides is 2. The number of carbonyl (C=O) groups excluding carboxylic acids is 3. The molecule has 1 heterocycles. The summed E-state index contributed by atoms with van der Waals surface area (Å²) in [6.45, 7) is 2.12. The monoisotopic (exact) mass is 370 g/mol. The second-order valence-electron chi connectivity index (χ2n) is 6.14. The Bertz CT molecular complexity index is 867. The van der Waals surface area contributed by atoms with E-state index in [1.165, 1.54) is 29.2 Å². The lowest BCUT2D eigenvalue weighted by molar-refractivity contribution is -0.122. The third-order valence-electron chi connectivity index (χ3n) is 4.31. The summed E-state index contributed by atoms with van der Waals surface area (Å²) in [5.74, 6) is -2.05. The summed E-state index contributed by atoms with van der Waals surface area (Å²) >= 11 is 0. The molecule has 1 saturated heterocycles. The van der Waals surface area contributed by atoms with Gasteiger partial charge < -0.3 is 15.0 Å². The number of esters is 1. The topological polar surface area (TPSA) is 75.7 Å². The van der Waals surface area contributed by atoms with Crippen LogP contribution in [-0.2, 0) is 14.3 Å². The van der Waals surface area contributed by atoms with Crippen molar-refractivity contribution < 1.29 is 23.5 Å². The van der Waals surface area contributed by atoms with Crippen molar-refractivity contribution in [2.24, 2.45) is 5.92 Å². The maximum Gasteiger partial charge on any atom is 0.340 e. The largest absolute Gasteiger partial charge is 0.462 e. The van der Waals surface area contributed by atoms with E-state index in [-0.39, 0.29) is 37.0 Å². The summed E-state index contributed by atoms with van der Waals surface area (Å²) in [4.78, 5) is 38.4. The quantitative estimate of drug-likeness (QED) is 0.821. The van der Waals surface area contributed by atoms with E-state index in [0.717, 1.165) is 0 Å². The molecule has 0 radical (unpaired) electrons. The van der Waals surface area contributed by atoms with Gasteiger partial charge in [0.15, 0.2) is 0 Å². The Morgan fingerprint density at radius 3 is 2.59 bits per heavy atom. The molecule has 0 saturated carbocycles. The molecular weight excluding hydrogens is 351 g/mol. The van der Waals surface area contributed by atoms with Gasteiger partial charge in [-0.1, -0.05) is 12.1 Å². The van der Waals surface area contributed by atoms with E-state index >= 15 is 0 Å². The molecular formula is C20H19FN2O4. The van der Waals surface area contributed by atoms with Gasteiger partial charge in [-0.25, -0.2) is 9.18 Å². The lowest BCUT2D eigenvalue weighted by Crippen LogP contribution is -2.28. The predicted octanol–water partition coefficient (Wildman–Crippen LogP) is 2.99. The van der Waals surface area contributed by atoms with E-state index in [0.29, 0.717) is 11.4 Å². The van der Waals surface area contributed by atoms with E-state index in [4.69, 9.17) is 4.74 Å². The van der Waals surface area contributed by atoms with Gasteiger partial charge in [0.25, 0.3) is 0 Å². The van der Waals surface area contributed by atoms with E-state index in [9.17, 15) is 18.8 Å². The Morgan fingerprint density at radius 2 is 1.89 bits per heavy atom. The summed E-state index contributed by atoms with van der Waals surface area (Å²) in [5, 5.41) is 2.71. The lowest BCUT2D eigenvalue weighted by atomic mass is 10.1. The summed E-state index contributed by atoms with van der Waals surface area (Å²) in [7, 11) is 0. The number of nitrogens with zero attached hydrogens (tertiary/aromatic N) is 1. The highest BCUT2D eigenvalue weighted by atomic mass is 19.1. The van der Waals surface area contributed by atoms with E-state index in [2.05, 4.69) is 5.32 Å². The Kier molecular flexibility index (Phi) is 5.49. The molecule has 6 nitrogen and oxygen atoms in total. The van der Waals surface area contributed by atoms with Crippen LogP contribution in [0.4, 0.5) is 15.8 Å². The minimum absolute atomic E-state index is 0.0464. The molecule has 2 aromatic carbocycles. The third kappa shape index (κ3) is 4.13. The first-order valence-corrected chi connectivity index (χ1v) is 8.62. The first-order chi connectivity index (χ1) is 13.0. The van der Waals surface area contributed by atoms with Crippen molar-refractivity contribution in [1.82, 2.24) is 0 Å². The molecule has 3 rings (SSSR count). The van der Waals surface area contributed by atoms with Gasteiger partial charge in [0.05, 0.1) is 23.8 Å². The van der Waals surface area contributed by atoms with Crippen molar-refractivity contribution in [2.45, 2.75) is 13.3 Å². The maximum absolute atomic E-state index is 13.1. The van der Waals surface area contributed by atoms with Crippen molar-refractivity contribution in [3.63, 3.8) is 0 Å². The van der Waals surface area contributed by atoms with Gasteiger partial charge in [0, 0.05) is 18.7 Å². The first kappa shape index (κ1) is 18.6. The number of anilines is 2. The smallest absolute Gasteiger partial charge is 0.340 e. The van der Waals surface area contributed by atoms with Crippen LogP contribution in [0.25, 0.3) is 0 Å². The number of hydrogen-bond donors (Lipinski definition) is 1. The molecule has 1 fully saturated rings. The number of carbonyl (C=O) groups is 3. The second kappa shape index (κ2) is 7.99. The minimum atomic E-state index is -0.571. The number of ether oxygens (including phenoxy) is 1. The Hall–Kier alpha value is -3.22. The fourth-order valence-corrected chi connectivity index (χ4v) is 2.97. The van der Waals surface area contributed by atoms with E-state index in [1.807, 2.05) is 0 Å². The van der Waals surface area contributed by atoms with Crippen LogP contribution in [0, 0.1) is 11.7 Å². The molecule has 0 aromatic heterocycles. The molecule has 1 aliphatic rings. The van der Waals surface area contributed by atoms with E-state index in [1.54, 1.807) is 31.2 Å². The minimum Gasteiger partial charge on any atom is -0.462 e. The third-order valence-corrected chi connectivity index (χ3v) is 4.31. The Labute approximate surface area is 155 Å². The molecule has 0 aliphatic carbocycles. The van der Waals surface area contributed by atoms with E-state index < -0.39 is 17.7 Å². The number of nitrogens with one attached hydrogen (secondary N) is 1. The van der Waals surface area contributed by atoms with Crippen LogP contribution in [0.2, 0.25) is 0 Å².